The second-order valence-corrected chi connectivity index (χ2v) is 14.6. The molecule has 1 aromatic carbocycles. The largest absolute Gasteiger partial charge is 0.412 e. The van der Waals surface area contributed by atoms with Gasteiger partial charge in [-0.1, -0.05) is 65.8 Å². The van der Waals surface area contributed by atoms with Crippen LogP contribution in [0.2, 0.25) is 16.6 Å². The molecule has 0 N–H and O–H groups in total. The molecular formula is C25H35N3OSi. The van der Waals surface area contributed by atoms with Gasteiger partial charge in [-0.3, -0.25) is 9.67 Å². The number of nitrogens with zero attached hydrogens (tertiary/aromatic N) is 3. The molecule has 0 radical (unpaired) electrons. The van der Waals surface area contributed by atoms with Crippen LogP contribution in [0.4, 0.5) is 0 Å². The van der Waals surface area contributed by atoms with Gasteiger partial charge >= 0.3 is 0 Å². The lowest BCUT2D eigenvalue weighted by molar-refractivity contribution is 0.266. The van der Waals surface area contributed by atoms with Crippen molar-refractivity contribution in [2.24, 2.45) is 7.05 Å². The standard InChI is InChI=1S/C25H35N3OSi/c1-18(2)30(19(3)4,20(5)6)29-17-21-8-10-23(11-9-21)25-24(16-28(7)27-25)22-12-14-26-15-13-22/h8-16,18-20H,17H2,1-7H3. The predicted molar refractivity (Wildman–Crippen MR) is 128 cm³/mol. The summed E-state index contributed by atoms with van der Waals surface area (Å²) >= 11 is 0. The molecule has 0 amide bonds. The first-order chi connectivity index (χ1) is 14.3. The third-order valence-corrected chi connectivity index (χ3v) is 12.3. The van der Waals surface area contributed by atoms with Crippen LogP contribution < -0.4 is 0 Å². The third kappa shape index (κ3) is 4.42. The molecule has 3 aromatic rings. The van der Waals surface area contributed by atoms with E-state index < -0.39 is 8.32 Å². The molecule has 0 saturated carbocycles. The van der Waals surface area contributed by atoms with Crippen LogP contribution in [-0.2, 0) is 18.1 Å². The van der Waals surface area contributed by atoms with Crippen LogP contribution in [0.3, 0.4) is 0 Å². The number of benzene rings is 1. The van der Waals surface area contributed by atoms with Crippen molar-refractivity contribution < 1.29 is 4.43 Å². The van der Waals surface area contributed by atoms with Crippen molar-refractivity contribution in [3.05, 3.63) is 60.6 Å². The minimum atomic E-state index is -1.86. The Kier molecular flexibility index (Phi) is 6.94. The molecule has 2 aromatic heterocycles. The second-order valence-electron chi connectivity index (χ2n) is 9.10. The normalized spacial score (nSPS) is 12.3. The molecule has 0 bridgehead atoms. The van der Waals surface area contributed by atoms with E-state index in [9.17, 15) is 0 Å². The zero-order chi connectivity index (χ0) is 21.9. The molecule has 3 rings (SSSR count). The monoisotopic (exact) mass is 421 g/mol. The lowest BCUT2D eigenvalue weighted by Crippen LogP contribution is -2.47. The van der Waals surface area contributed by atoms with Crippen molar-refractivity contribution >= 4 is 8.32 Å². The van der Waals surface area contributed by atoms with Crippen LogP contribution >= 0.6 is 0 Å². The number of aryl methyl sites for hydroxylation is 1. The Morgan fingerprint density at radius 2 is 1.40 bits per heavy atom. The van der Waals surface area contributed by atoms with Crippen LogP contribution in [-0.4, -0.2) is 23.1 Å². The van der Waals surface area contributed by atoms with E-state index in [2.05, 4.69) is 77.0 Å². The maximum absolute atomic E-state index is 6.76. The quantitative estimate of drug-likeness (QED) is 0.374. The Labute approximate surface area is 182 Å². The molecular weight excluding hydrogens is 386 g/mol. The average Bonchev–Trinajstić information content (AvgIpc) is 3.10. The Morgan fingerprint density at radius 1 is 0.833 bits per heavy atom. The summed E-state index contributed by atoms with van der Waals surface area (Å²) in [5, 5.41) is 4.71. The predicted octanol–water partition coefficient (Wildman–Crippen LogP) is 6.84. The van der Waals surface area contributed by atoms with Crippen LogP contribution in [0.25, 0.3) is 22.4 Å². The van der Waals surface area contributed by atoms with Crippen LogP contribution in [0, 0.1) is 0 Å². The molecule has 0 fully saturated rings. The third-order valence-electron chi connectivity index (χ3n) is 6.24. The lowest BCUT2D eigenvalue weighted by Gasteiger charge is -2.42. The Morgan fingerprint density at radius 3 is 1.93 bits per heavy atom. The van der Waals surface area contributed by atoms with Crippen LogP contribution in [0.15, 0.2) is 55.0 Å². The van der Waals surface area contributed by atoms with E-state index in [1.54, 1.807) is 0 Å². The van der Waals surface area contributed by atoms with Crippen molar-refractivity contribution in [3.8, 4) is 22.4 Å². The van der Waals surface area contributed by atoms with E-state index in [1.165, 1.54) is 5.56 Å². The van der Waals surface area contributed by atoms with Gasteiger partial charge < -0.3 is 4.43 Å². The van der Waals surface area contributed by atoms with Crippen molar-refractivity contribution in [1.82, 2.24) is 14.8 Å². The summed E-state index contributed by atoms with van der Waals surface area (Å²) in [5.41, 5.74) is 7.35. The zero-order valence-corrected chi connectivity index (χ0v) is 20.4. The number of hydrogen-bond donors (Lipinski definition) is 0. The van der Waals surface area contributed by atoms with E-state index in [0.717, 1.165) is 22.4 Å². The first-order valence-electron chi connectivity index (χ1n) is 10.9. The van der Waals surface area contributed by atoms with Gasteiger partial charge in [0.15, 0.2) is 0 Å². The summed E-state index contributed by atoms with van der Waals surface area (Å²) < 4.78 is 8.63. The summed E-state index contributed by atoms with van der Waals surface area (Å²) in [4.78, 5) is 4.13. The van der Waals surface area contributed by atoms with E-state index >= 15 is 0 Å². The highest BCUT2D eigenvalue weighted by Gasteiger charge is 2.44. The number of aromatic nitrogens is 3. The highest BCUT2D eigenvalue weighted by Crippen LogP contribution is 2.42. The Balaban J connectivity index is 1.83. The molecule has 0 unspecified atom stereocenters. The Bertz CT molecular complexity index is 925. The van der Waals surface area contributed by atoms with Gasteiger partial charge in [0.25, 0.3) is 0 Å². The molecule has 0 aliphatic rings. The number of pyridine rings is 1. The first-order valence-corrected chi connectivity index (χ1v) is 13.1. The molecule has 0 aliphatic carbocycles. The summed E-state index contributed by atoms with van der Waals surface area (Å²) in [7, 11) is 0.103. The molecule has 30 heavy (non-hydrogen) atoms. The van der Waals surface area contributed by atoms with E-state index in [1.807, 2.05) is 36.3 Å². The van der Waals surface area contributed by atoms with Gasteiger partial charge in [0.2, 0.25) is 8.32 Å². The fraction of sp³-hybridized carbons (Fsp3) is 0.440. The minimum absolute atomic E-state index is 0.591. The summed E-state index contributed by atoms with van der Waals surface area (Å²) in [6, 6.07) is 12.7. The fourth-order valence-corrected chi connectivity index (χ4v) is 10.3. The smallest absolute Gasteiger partial charge is 0.200 e. The lowest BCUT2D eigenvalue weighted by atomic mass is 10.0. The maximum Gasteiger partial charge on any atom is 0.200 e. The van der Waals surface area contributed by atoms with Gasteiger partial charge in [0.1, 0.15) is 5.69 Å². The maximum atomic E-state index is 6.76. The molecule has 2 heterocycles. The van der Waals surface area contributed by atoms with Gasteiger partial charge in [-0.05, 0) is 39.9 Å². The highest BCUT2D eigenvalue weighted by atomic mass is 28.4. The van der Waals surface area contributed by atoms with Crippen molar-refractivity contribution in [2.45, 2.75) is 64.8 Å². The number of rotatable bonds is 8. The van der Waals surface area contributed by atoms with Gasteiger partial charge in [0.05, 0.1) is 6.61 Å². The molecule has 0 atom stereocenters. The van der Waals surface area contributed by atoms with Crippen LogP contribution in [0.1, 0.15) is 47.1 Å². The van der Waals surface area contributed by atoms with E-state index in [4.69, 9.17) is 9.52 Å². The minimum Gasteiger partial charge on any atom is -0.412 e. The first kappa shape index (κ1) is 22.4. The van der Waals surface area contributed by atoms with Crippen molar-refractivity contribution in [3.63, 3.8) is 0 Å². The summed E-state index contributed by atoms with van der Waals surface area (Å²) in [6.45, 7) is 14.7. The molecule has 4 nitrogen and oxygen atoms in total. The van der Waals surface area contributed by atoms with Crippen LogP contribution in [0.5, 0.6) is 0 Å². The topological polar surface area (TPSA) is 39.9 Å². The molecule has 0 saturated heterocycles. The van der Waals surface area contributed by atoms with Gasteiger partial charge in [-0.25, -0.2) is 0 Å². The van der Waals surface area contributed by atoms with Gasteiger partial charge in [0, 0.05) is 36.8 Å². The van der Waals surface area contributed by atoms with Crippen molar-refractivity contribution in [1.29, 1.82) is 0 Å². The zero-order valence-electron chi connectivity index (χ0n) is 19.4. The molecule has 5 heteroatoms. The van der Waals surface area contributed by atoms with E-state index in [-0.39, 0.29) is 0 Å². The second kappa shape index (κ2) is 9.27. The Hall–Kier alpha value is -2.24. The number of hydrogen-bond acceptors (Lipinski definition) is 3. The fourth-order valence-electron chi connectivity index (χ4n) is 4.91. The summed E-state index contributed by atoms with van der Waals surface area (Å²) in [6.07, 6.45) is 5.71. The summed E-state index contributed by atoms with van der Waals surface area (Å²) in [5.74, 6) is 0. The average molecular weight is 422 g/mol. The van der Waals surface area contributed by atoms with Gasteiger partial charge in [-0.2, -0.15) is 5.10 Å². The highest BCUT2D eigenvalue weighted by molar-refractivity contribution is 6.77. The molecule has 0 aliphatic heterocycles. The molecule has 160 valence electrons. The molecule has 0 spiro atoms. The SMILES string of the molecule is CC(C)[Si](OCc1ccc(-c2nn(C)cc2-c2ccncc2)cc1)(C(C)C)C(C)C. The van der Waals surface area contributed by atoms with E-state index in [0.29, 0.717) is 23.2 Å². The van der Waals surface area contributed by atoms with Gasteiger partial charge in [-0.15, -0.1) is 0 Å². The van der Waals surface area contributed by atoms with Crippen molar-refractivity contribution in [2.75, 3.05) is 0 Å².